The normalized spacial score (nSPS) is 10.1. The van der Waals surface area contributed by atoms with Crippen molar-refractivity contribution in [2.75, 3.05) is 11.9 Å². The summed E-state index contributed by atoms with van der Waals surface area (Å²) in [5.41, 5.74) is 3.22. The maximum absolute atomic E-state index is 12.0. The quantitative estimate of drug-likeness (QED) is 0.873. The van der Waals surface area contributed by atoms with Crippen molar-refractivity contribution in [3.63, 3.8) is 0 Å². The Balaban J connectivity index is 1.97. The molecule has 0 aliphatic heterocycles. The van der Waals surface area contributed by atoms with Gasteiger partial charge in [0.2, 0.25) is 0 Å². The second-order valence-corrected chi connectivity index (χ2v) is 4.45. The van der Waals surface area contributed by atoms with Crippen LogP contribution in [0.25, 0.3) is 0 Å². The Bertz CT molecular complexity index is 581. The molecule has 5 heteroatoms. The number of hydrogen-bond donors (Lipinski definition) is 2. The first kappa shape index (κ1) is 14.0. The predicted octanol–water partition coefficient (Wildman–Crippen LogP) is 2.15. The van der Waals surface area contributed by atoms with E-state index >= 15 is 0 Å². The van der Waals surface area contributed by atoms with Gasteiger partial charge in [0.05, 0.1) is 0 Å². The van der Waals surface area contributed by atoms with Crippen LogP contribution in [0.5, 0.6) is 0 Å². The summed E-state index contributed by atoms with van der Waals surface area (Å²) in [6.07, 6.45) is 3.39. The lowest BCUT2D eigenvalue weighted by Crippen LogP contribution is -2.24. The van der Waals surface area contributed by atoms with Crippen LogP contribution in [0.2, 0.25) is 0 Å². The van der Waals surface area contributed by atoms with Gasteiger partial charge in [-0.2, -0.15) is 0 Å². The number of nitrogens with zero attached hydrogens (tertiary/aromatic N) is 2. The second kappa shape index (κ2) is 6.65. The number of carbonyl (C=O) groups is 1. The zero-order valence-electron chi connectivity index (χ0n) is 11.7. The Kier molecular flexibility index (Phi) is 4.65. The Hall–Kier alpha value is -2.43. The van der Waals surface area contributed by atoms with Gasteiger partial charge in [0, 0.05) is 36.9 Å². The van der Waals surface area contributed by atoms with E-state index in [9.17, 15) is 4.79 Å². The van der Waals surface area contributed by atoms with Crippen LogP contribution >= 0.6 is 0 Å². The fourth-order valence-corrected chi connectivity index (χ4v) is 1.74. The van der Waals surface area contributed by atoms with Gasteiger partial charge in [0.25, 0.3) is 5.91 Å². The molecular formula is C15H18N4O. The first-order valence-electron chi connectivity index (χ1n) is 6.58. The van der Waals surface area contributed by atoms with Crippen LogP contribution in [0.1, 0.15) is 28.7 Å². The third-order valence-electron chi connectivity index (χ3n) is 2.80. The maximum atomic E-state index is 12.0. The van der Waals surface area contributed by atoms with Gasteiger partial charge in [-0.05, 0) is 37.6 Å². The standard InChI is InChI=1S/C15H18N4O/c1-3-16-13-6-7-17-14(8-13)15(20)19-10-12-5-4-11(2)18-9-12/h4-9H,3,10H2,1-2H3,(H,16,17)(H,19,20). The number of amides is 1. The first-order valence-corrected chi connectivity index (χ1v) is 6.58. The molecule has 0 atom stereocenters. The molecule has 2 aromatic rings. The largest absolute Gasteiger partial charge is 0.385 e. The minimum atomic E-state index is -0.190. The molecular weight excluding hydrogens is 252 g/mol. The molecule has 2 rings (SSSR count). The summed E-state index contributed by atoms with van der Waals surface area (Å²) in [6.45, 7) is 5.18. The summed E-state index contributed by atoms with van der Waals surface area (Å²) in [7, 11) is 0. The van der Waals surface area contributed by atoms with Gasteiger partial charge in [-0.1, -0.05) is 6.07 Å². The Morgan fingerprint density at radius 1 is 1.25 bits per heavy atom. The third kappa shape index (κ3) is 3.78. The summed E-state index contributed by atoms with van der Waals surface area (Å²) in [4.78, 5) is 20.3. The lowest BCUT2D eigenvalue weighted by molar-refractivity contribution is 0.0946. The lowest BCUT2D eigenvalue weighted by Gasteiger charge is -2.07. The number of aryl methyl sites for hydroxylation is 1. The number of pyridine rings is 2. The molecule has 20 heavy (non-hydrogen) atoms. The molecule has 0 fully saturated rings. The van der Waals surface area contributed by atoms with Crippen molar-refractivity contribution in [2.24, 2.45) is 0 Å². The minimum Gasteiger partial charge on any atom is -0.385 e. The fraction of sp³-hybridized carbons (Fsp3) is 0.267. The van der Waals surface area contributed by atoms with Crippen LogP contribution in [0.15, 0.2) is 36.7 Å². The van der Waals surface area contributed by atoms with Crippen molar-refractivity contribution in [1.29, 1.82) is 0 Å². The Morgan fingerprint density at radius 2 is 2.10 bits per heavy atom. The van der Waals surface area contributed by atoms with Crippen LogP contribution < -0.4 is 10.6 Å². The lowest BCUT2D eigenvalue weighted by atomic mass is 10.2. The second-order valence-electron chi connectivity index (χ2n) is 4.45. The van der Waals surface area contributed by atoms with Gasteiger partial charge in [-0.25, -0.2) is 0 Å². The summed E-state index contributed by atoms with van der Waals surface area (Å²) in [5, 5.41) is 5.99. The van der Waals surface area contributed by atoms with E-state index in [-0.39, 0.29) is 5.91 Å². The van der Waals surface area contributed by atoms with Crippen molar-refractivity contribution in [3.05, 3.63) is 53.6 Å². The van der Waals surface area contributed by atoms with Crippen molar-refractivity contribution in [2.45, 2.75) is 20.4 Å². The molecule has 1 amide bonds. The molecule has 0 saturated carbocycles. The third-order valence-corrected chi connectivity index (χ3v) is 2.80. The molecule has 0 aliphatic carbocycles. The molecule has 0 saturated heterocycles. The van der Waals surface area contributed by atoms with Gasteiger partial charge >= 0.3 is 0 Å². The SMILES string of the molecule is CCNc1ccnc(C(=O)NCc2ccc(C)nc2)c1. The summed E-state index contributed by atoms with van der Waals surface area (Å²) < 4.78 is 0. The number of anilines is 1. The minimum absolute atomic E-state index is 0.190. The Labute approximate surface area is 118 Å². The van der Waals surface area contributed by atoms with E-state index < -0.39 is 0 Å². The van der Waals surface area contributed by atoms with Gasteiger partial charge in [0.1, 0.15) is 5.69 Å². The zero-order valence-corrected chi connectivity index (χ0v) is 11.7. The highest BCUT2D eigenvalue weighted by Gasteiger charge is 2.07. The smallest absolute Gasteiger partial charge is 0.270 e. The average Bonchev–Trinajstić information content (AvgIpc) is 2.47. The summed E-state index contributed by atoms with van der Waals surface area (Å²) in [5.74, 6) is -0.190. The molecule has 2 N–H and O–H groups in total. The highest BCUT2D eigenvalue weighted by atomic mass is 16.1. The highest BCUT2D eigenvalue weighted by Crippen LogP contribution is 2.07. The first-order chi connectivity index (χ1) is 9.69. The molecule has 2 aromatic heterocycles. The molecule has 0 spiro atoms. The molecule has 0 unspecified atom stereocenters. The van der Waals surface area contributed by atoms with E-state index in [1.165, 1.54) is 0 Å². The zero-order chi connectivity index (χ0) is 14.4. The van der Waals surface area contributed by atoms with E-state index in [1.807, 2.05) is 32.0 Å². The van der Waals surface area contributed by atoms with Crippen molar-refractivity contribution < 1.29 is 4.79 Å². The number of rotatable bonds is 5. The van der Waals surface area contributed by atoms with Crippen molar-refractivity contribution >= 4 is 11.6 Å². The van der Waals surface area contributed by atoms with Crippen LogP contribution in [-0.4, -0.2) is 22.4 Å². The molecule has 0 bridgehead atoms. The topological polar surface area (TPSA) is 66.9 Å². The average molecular weight is 270 g/mol. The molecule has 2 heterocycles. The summed E-state index contributed by atoms with van der Waals surface area (Å²) >= 11 is 0. The monoisotopic (exact) mass is 270 g/mol. The van der Waals surface area contributed by atoms with E-state index in [4.69, 9.17) is 0 Å². The number of nitrogens with one attached hydrogen (secondary N) is 2. The molecule has 104 valence electrons. The summed E-state index contributed by atoms with van der Waals surface area (Å²) in [6, 6.07) is 7.45. The molecule has 0 aliphatic rings. The van der Waals surface area contributed by atoms with E-state index in [2.05, 4.69) is 20.6 Å². The van der Waals surface area contributed by atoms with Crippen molar-refractivity contribution in [1.82, 2.24) is 15.3 Å². The van der Waals surface area contributed by atoms with E-state index in [0.29, 0.717) is 12.2 Å². The highest BCUT2D eigenvalue weighted by molar-refractivity contribution is 5.93. The van der Waals surface area contributed by atoms with Gasteiger partial charge in [-0.15, -0.1) is 0 Å². The molecule has 0 aromatic carbocycles. The van der Waals surface area contributed by atoms with Crippen molar-refractivity contribution in [3.8, 4) is 0 Å². The van der Waals surface area contributed by atoms with Crippen LogP contribution in [0.3, 0.4) is 0 Å². The van der Waals surface area contributed by atoms with Crippen LogP contribution in [0.4, 0.5) is 5.69 Å². The van der Waals surface area contributed by atoms with E-state index in [0.717, 1.165) is 23.5 Å². The Morgan fingerprint density at radius 3 is 2.80 bits per heavy atom. The predicted molar refractivity (Wildman–Crippen MR) is 78.5 cm³/mol. The van der Waals surface area contributed by atoms with Gasteiger partial charge in [0.15, 0.2) is 0 Å². The van der Waals surface area contributed by atoms with Gasteiger partial charge < -0.3 is 10.6 Å². The molecule has 0 radical (unpaired) electrons. The van der Waals surface area contributed by atoms with E-state index in [1.54, 1.807) is 18.5 Å². The fourth-order valence-electron chi connectivity index (χ4n) is 1.74. The van der Waals surface area contributed by atoms with Crippen LogP contribution in [-0.2, 0) is 6.54 Å². The van der Waals surface area contributed by atoms with Gasteiger partial charge in [-0.3, -0.25) is 14.8 Å². The van der Waals surface area contributed by atoms with Crippen LogP contribution in [0, 0.1) is 6.92 Å². The maximum Gasteiger partial charge on any atom is 0.270 e. The number of aromatic nitrogens is 2. The number of hydrogen-bond acceptors (Lipinski definition) is 4. The molecule has 5 nitrogen and oxygen atoms in total. The number of carbonyl (C=O) groups excluding carboxylic acids is 1.